The predicted molar refractivity (Wildman–Crippen MR) is 105 cm³/mol. The number of nitrogens with one attached hydrogen (secondary N) is 1. The number of ether oxygens (including phenoxy) is 1. The fourth-order valence-corrected chi connectivity index (χ4v) is 3.78. The number of halogens is 1. The van der Waals surface area contributed by atoms with Gasteiger partial charge in [-0.15, -0.1) is 0 Å². The third-order valence-corrected chi connectivity index (χ3v) is 5.31. The van der Waals surface area contributed by atoms with Crippen LogP contribution >= 0.6 is 0 Å². The molecule has 28 heavy (non-hydrogen) atoms. The van der Waals surface area contributed by atoms with Gasteiger partial charge in [-0.3, -0.25) is 0 Å². The third-order valence-electron chi connectivity index (χ3n) is 5.31. The maximum absolute atomic E-state index is 13.0. The van der Waals surface area contributed by atoms with E-state index in [1.807, 2.05) is 18.2 Å². The molecule has 1 aromatic heterocycles. The zero-order valence-electron chi connectivity index (χ0n) is 15.5. The lowest BCUT2D eigenvalue weighted by molar-refractivity contribution is 0.211. The van der Waals surface area contributed by atoms with Crippen molar-refractivity contribution in [2.24, 2.45) is 5.73 Å². The number of nitrogens with zero attached hydrogens (tertiary/aromatic N) is 2. The molecule has 1 amide bonds. The lowest BCUT2D eigenvalue weighted by Gasteiger charge is -2.31. The van der Waals surface area contributed by atoms with Gasteiger partial charge < -0.3 is 20.4 Å². The number of nitrogens with two attached hydrogens (primary N) is 1. The highest BCUT2D eigenvalue weighted by molar-refractivity contribution is 5.84. The Balaban J connectivity index is 1.37. The molecular weight excluding hydrogens is 359 g/mol. The zero-order chi connectivity index (χ0) is 19.5. The first-order valence-corrected chi connectivity index (χ1v) is 9.51. The van der Waals surface area contributed by atoms with E-state index in [9.17, 15) is 9.18 Å². The number of rotatable bonds is 5. The van der Waals surface area contributed by atoms with Crippen LogP contribution in [-0.2, 0) is 6.42 Å². The summed E-state index contributed by atoms with van der Waals surface area (Å²) in [6.45, 7) is 2.95. The van der Waals surface area contributed by atoms with Crippen LogP contribution in [0.5, 0.6) is 5.75 Å². The van der Waals surface area contributed by atoms with Crippen LogP contribution in [0.3, 0.4) is 0 Å². The maximum atomic E-state index is 13.0. The molecule has 3 aromatic rings. The topological polar surface area (TPSA) is 84.2 Å². The second-order valence-corrected chi connectivity index (χ2v) is 7.19. The predicted octanol–water partition coefficient (Wildman–Crippen LogP) is 3.58. The number of para-hydroxylation sites is 1. The monoisotopic (exact) mass is 382 g/mol. The first-order valence-electron chi connectivity index (χ1n) is 9.51. The molecular formula is C21H23FN4O2. The van der Waals surface area contributed by atoms with Crippen LogP contribution in [-0.4, -0.2) is 40.6 Å². The van der Waals surface area contributed by atoms with E-state index in [1.54, 1.807) is 12.1 Å². The van der Waals surface area contributed by atoms with Gasteiger partial charge in [0, 0.05) is 12.5 Å². The molecule has 7 heteroatoms. The number of hydrogen-bond donors (Lipinski definition) is 2. The molecule has 1 aliphatic rings. The second-order valence-electron chi connectivity index (χ2n) is 7.19. The molecule has 1 aliphatic heterocycles. The molecule has 0 unspecified atom stereocenters. The Morgan fingerprint density at radius 2 is 1.96 bits per heavy atom. The highest BCUT2D eigenvalue weighted by atomic mass is 19.1. The van der Waals surface area contributed by atoms with E-state index in [4.69, 9.17) is 10.5 Å². The number of H-pyrrole nitrogens is 1. The van der Waals surface area contributed by atoms with Crippen molar-refractivity contribution in [3.63, 3.8) is 0 Å². The van der Waals surface area contributed by atoms with Crippen LogP contribution in [0.25, 0.3) is 11.0 Å². The van der Waals surface area contributed by atoms with Crippen LogP contribution < -0.4 is 10.5 Å². The van der Waals surface area contributed by atoms with Crippen LogP contribution in [0.2, 0.25) is 0 Å². The van der Waals surface area contributed by atoms with E-state index in [-0.39, 0.29) is 5.82 Å². The van der Waals surface area contributed by atoms with Gasteiger partial charge in [-0.25, -0.2) is 14.2 Å². The number of carbonyl (C=O) groups is 1. The van der Waals surface area contributed by atoms with Crippen LogP contribution in [0.15, 0.2) is 42.5 Å². The summed E-state index contributed by atoms with van der Waals surface area (Å²) in [5.74, 6) is 1.45. The number of primary amides is 1. The first kappa shape index (κ1) is 18.4. The minimum Gasteiger partial charge on any atom is -0.408 e. The summed E-state index contributed by atoms with van der Waals surface area (Å²) < 4.78 is 18.1. The summed E-state index contributed by atoms with van der Waals surface area (Å²) in [5, 5.41) is 0. The Hall–Kier alpha value is -2.93. The molecule has 0 bridgehead atoms. The largest absolute Gasteiger partial charge is 0.410 e. The number of carbonyl (C=O) groups excluding carboxylic acids is 1. The summed E-state index contributed by atoms with van der Waals surface area (Å²) in [5.41, 5.74) is 7.76. The zero-order valence-corrected chi connectivity index (χ0v) is 15.5. The van der Waals surface area contributed by atoms with Crippen LogP contribution in [0, 0.1) is 5.82 Å². The van der Waals surface area contributed by atoms with Gasteiger partial charge in [0.25, 0.3) is 0 Å². The lowest BCUT2D eigenvalue weighted by Crippen LogP contribution is -2.34. The first-order chi connectivity index (χ1) is 13.6. The molecule has 4 rings (SSSR count). The van der Waals surface area contributed by atoms with Gasteiger partial charge in [0.1, 0.15) is 17.2 Å². The van der Waals surface area contributed by atoms with E-state index in [2.05, 4.69) is 14.9 Å². The van der Waals surface area contributed by atoms with Gasteiger partial charge in [0.2, 0.25) is 0 Å². The van der Waals surface area contributed by atoms with E-state index >= 15 is 0 Å². The van der Waals surface area contributed by atoms with Gasteiger partial charge in [-0.2, -0.15) is 0 Å². The number of benzene rings is 2. The molecule has 1 fully saturated rings. The Labute approximate surface area is 162 Å². The van der Waals surface area contributed by atoms with Gasteiger partial charge in [0.15, 0.2) is 5.75 Å². The number of likely N-dealkylation sites (tertiary alicyclic amines) is 1. The van der Waals surface area contributed by atoms with Crippen molar-refractivity contribution in [3.8, 4) is 5.75 Å². The summed E-state index contributed by atoms with van der Waals surface area (Å²) in [6.07, 6.45) is 2.10. The van der Waals surface area contributed by atoms with Gasteiger partial charge in [0.05, 0.1) is 5.52 Å². The van der Waals surface area contributed by atoms with Crippen molar-refractivity contribution in [2.75, 3.05) is 19.6 Å². The summed E-state index contributed by atoms with van der Waals surface area (Å²) in [4.78, 5) is 21.5. The normalized spacial score (nSPS) is 15.8. The number of fused-ring (bicyclic) bond motifs is 1. The summed E-state index contributed by atoms with van der Waals surface area (Å²) in [7, 11) is 0. The number of aromatic nitrogens is 2. The SMILES string of the molecule is NC(=O)Oc1cccc2[nH]c(C3CCN(CCc4ccc(F)cc4)CC3)nc12. The molecule has 146 valence electrons. The van der Waals surface area contributed by atoms with E-state index < -0.39 is 6.09 Å². The Kier molecular flexibility index (Phi) is 5.25. The van der Waals surface area contributed by atoms with Crippen LogP contribution in [0.4, 0.5) is 9.18 Å². The molecule has 2 heterocycles. The number of hydrogen-bond acceptors (Lipinski definition) is 4. The number of piperidine rings is 1. The molecule has 0 aliphatic carbocycles. The van der Waals surface area contributed by atoms with Crippen LogP contribution in [0.1, 0.15) is 30.1 Å². The fourth-order valence-electron chi connectivity index (χ4n) is 3.78. The van der Waals surface area contributed by atoms with E-state index in [0.717, 1.165) is 55.8 Å². The Morgan fingerprint density at radius 1 is 1.21 bits per heavy atom. The van der Waals surface area contributed by atoms with Crippen molar-refractivity contribution >= 4 is 17.1 Å². The highest BCUT2D eigenvalue weighted by Gasteiger charge is 2.23. The minimum absolute atomic E-state index is 0.195. The summed E-state index contributed by atoms with van der Waals surface area (Å²) >= 11 is 0. The minimum atomic E-state index is -0.841. The lowest BCUT2D eigenvalue weighted by atomic mass is 9.96. The molecule has 3 N–H and O–H groups in total. The van der Waals surface area contributed by atoms with Crippen molar-refractivity contribution in [1.29, 1.82) is 0 Å². The average Bonchev–Trinajstić information content (AvgIpc) is 3.13. The Bertz CT molecular complexity index is 962. The van der Waals surface area contributed by atoms with Crippen molar-refractivity contribution < 1.29 is 13.9 Å². The Morgan fingerprint density at radius 3 is 2.68 bits per heavy atom. The van der Waals surface area contributed by atoms with E-state index in [0.29, 0.717) is 17.2 Å². The van der Waals surface area contributed by atoms with Gasteiger partial charge in [-0.1, -0.05) is 18.2 Å². The number of aromatic amines is 1. The number of imidazole rings is 1. The summed E-state index contributed by atoms with van der Waals surface area (Å²) in [6, 6.07) is 12.1. The quantitative estimate of drug-likeness (QED) is 0.706. The molecule has 2 aromatic carbocycles. The molecule has 1 saturated heterocycles. The molecule has 0 radical (unpaired) electrons. The highest BCUT2D eigenvalue weighted by Crippen LogP contribution is 2.30. The van der Waals surface area contributed by atoms with Crippen molar-refractivity contribution in [1.82, 2.24) is 14.9 Å². The van der Waals surface area contributed by atoms with Gasteiger partial charge >= 0.3 is 6.09 Å². The third kappa shape index (κ3) is 4.14. The molecule has 0 saturated carbocycles. The molecule has 0 atom stereocenters. The molecule has 0 spiro atoms. The fraction of sp³-hybridized carbons (Fsp3) is 0.333. The standard InChI is InChI=1S/C21H23FN4O2/c22-16-6-4-14(5-7-16)8-11-26-12-9-15(10-13-26)20-24-17-2-1-3-18(19(17)25-20)28-21(23)27/h1-7,15H,8-13H2,(H2,23,27)(H,24,25). The second kappa shape index (κ2) is 7.98. The smallest absolute Gasteiger partial charge is 0.408 e. The number of amides is 1. The average molecular weight is 382 g/mol. The van der Waals surface area contributed by atoms with Crippen molar-refractivity contribution in [3.05, 3.63) is 59.7 Å². The molecule has 6 nitrogen and oxygen atoms in total. The van der Waals surface area contributed by atoms with E-state index in [1.165, 1.54) is 12.1 Å². The van der Waals surface area contributed by atoms with Crippen molar-refractivity contribution in [2.45, 2.75) is 25.2 Å². The maximum Gasteiger partial charge on any atom is 0.410 e. The van der Waals surface area contributed by atoms with Gasteiger partial charge in [-0.05, 0) is 62.2 Å².